The molecule has 2 rings (SSSR count). The van der Waals surface area contributed by atoms with Gasteiger partial charge in [-0.25, -0.2) is 0 Å². The highest BCUT2D eigenvalue weighted by atomic mass is 16.4. The van der Waals surface area contributed by atoms with Crippen molar-refractivity contribution in [2.75, 3.05) is 0 Å². The van der Waals surface area contributed by atoms with Gasteiger partial charge in [0.05, 0.1) is 6.42 Å². The molecule has 0 saturated heterocycles. The molecule has 2 nitrogen and oxygen atoms in total. The monoisotopic (exact) mass is 274 g/mol. The van der Waals surface area contributed by atoms with Gasteiger partial charge in [0.15, 0.2) is 0 Å². The first-order chi connectivity index (χ1) is 9.69. The van der Waals surface area contributed by atoms with E-state index in [2.05, 4.69) is 19.1 Å². The fraction of sp³-hybridized carbons (Fsp3) is 0.611. The standard InChI is InChI=1S/C18H26O2/c1-2-3-4-14-5-9-16(10-6-14)17-11-7-15(8-12-17)13-18(19)20/h7-8,11-12,14,16H,2-6,9-10,13H2,1H3,(H,19,20)/t14-,16-. The van der Waals surface area contributed by atoms with E-state index in [1.54, 1.807) is 0 Å². The zero-order valence-corrected chi connectivity index (χ0v) is 12.5. The van der Waals surface area contributed by atoms with Crippen molar-refractivity contribution >= 4 is 5.97 Å². The number of aliphatic carboxylic acids is 1. The smallest absolute Gasteiger partial charge is 0.307 e. The van der Waals surface area contributed by atoms with Gasteiger partial charge in [-0.15, -0.1) is 0 Å². The summed E-state index contributed by atoms with van der Waals surface area (Å²) in [6.45, 7) is 2.27. The third-order valence-electron chi connectivity index (χ3n) is 4.62. The fourth-order valence-electron chi connectivity index (χ4n) is 3.36. The second-order valence-corrected chi connectivity index (χ2v) is 6.17. The number of carbonyl (C=O) groups is 1. The van der Waals surface area contributed by atoms with Gasteiger partial charge in [0.2, 0.25) is 0 Å². The molecule has 0 atom stereocenters. The molecular weight excluding hydrogens is 248 g/mol. The average Bonchev–Trinajstić information content (AvgIpc) is 2.46. The van der Waals surface area contributed by atoms with Crippen LogP contribution in [0.1, 0.15) is 68.9 Å². The lowest BCUT2D eigenvalue weighted by atomic mass is 9.77. The number of hydrogen-bond acceptors (Lipinski definition) is 1. The van der Waals surface area contributed by atoms with Gasteiger partial charge in [0, 0.05) is 0 Å². The average molecular weight is 274 g/mol. The molecule has 0 spiro atoms. The van der Waals surface area contributed by atoms with Crippen LogP contribution in [0.2, 0.25) is 0 Å². The molecule has 0 aromatic heterocycles. The molecule has 1 saturated carbocycles. The third-order valence-corrected chi connectivity index (χ3v) is 4.62. The molecule has 110 valence electrons. The minimum absolute atomic E-state index is 0.129. The first-order valence-electron chi connectivity index (χ1n) is 7.99. The predicted octanol–water partition coefficient (Wildman–Crippen LogP) is 4.78. The zero-order chi connectivity index (χ0) is 14.4. The van der Waals surface area contributed by atoms with Crippen molar-refractivity contribution in [2.45, 2.75) is 64.2 Å². The van der Waals surface area contributed by atoms with Crippen molar-refractivity contribution in [3.63, 3.8) is 0 Å². The molecule has 2 heteroatoms. The molecule has 0 bridgehead atoms. The summed E-state index contributed by atoms with van der Waals surface area (Å²) in [6.07, 6.45) is 9.54. The maximum Gasteiger partial charge on any atom is 0.307 e. The van der Waals surface area contributed by atoms with Crippen LogP contribution in [0.4, 0.5) is 0 Å². The van der Waals surface area contributed by atoms with Gasteiger partial charge in [-0.1, -0.05) is 50.5 Å². The van der Waals surface area contributed by atoms with Crippen LogP contribution in [0, 0.1) is 5.92 Å². The number of carboxylic acids is 1. The molecule has 20 heavy (non-hydrogen) atoms. The summed E-state index contributed by atoms with van der Waals surface area (Å²) < 4.78 is 0. The molecule has 1 aromatic carbocycles. The van der Waals surface area contributed by atoms with E-state index in [4.69, 9.17) is 5.11 Å². The molecular formula is C18H26O2. The molecule has 1 aliphatic rings. The van der Waals surface area contributed by atoms with Crippen molar-refractivity contribution in [3.8, 4) is 0 Å². The van der Waals surface area contributed by atoms with E-state index >= 15 is 0 Å². The van der Waals surface area contributed by atoms with E-state index in [0.717, 1.165) is 11.5 Å². The quantitative estimate of drug-likeness (QED) is 0.810. The Kier molecular flexibility index (Phi) is 5.63. The van der Waals surface area contributed by atoms with Crippen LogP contribution in [0.5, 0.6) is 0 Å². The summed E-state index contributed by atoms with van der Waals surface area (Å²) >= 11 is 0. The number of carboxylic acid groups (broad SMARTS) is 1. The predicted molar refractivity (Wildman–Crippen MR) is 82.0 cm³/mol. The summed E-state index contributed by atoms with van der Waals surface area (Å²) in [7, 11) is 0. The molecule has 0 radical (unpaired) electrons. The zero-order valence-electron chi connectivity index (χ0n) is 12.5. The van der Waals surface area contributed by atoms with Crippen molar-refractivity contribution in [1.29, 1.82) is 0 Å². The van der Waals surface area contributed by atoms with E-state index in [1.165, 1.54) is 50.5 Å². The van der Waals surface area contributed by atoms with Gasteiger partial charge >= 0.3 is 5.97 Å². The largest absolute Gasteiger partial charge is 0.481 e. The second-order valence-electron chi connectivity index (χ2n) is 6.17. The minimum Gasteiger partial charge on any atom is -0.481 e. The van der Waals surface area contributed by atoms with Gasteiger partial charge in [0.1, 0.15) is 0 Å². The first-order valence-corrected chi connectivity index (χ1v) is 7.99. The van der Waals surface area contributed by atoms with E-state index in [-0.39, 0.29) is 6.42 Å². The minimum atomic E-state index is -0.755. The lowest BCUT2D eigenvalue weighted by Gasteiger charge is -2.28. The van der Waals surface area contributed by atoms with Gasteiger partial charge in [-0.2, -0.15) is 0 Å². The van der Waals surface area contributed by atoms with E-state index in [9.17, 15) is 4.79 Å². The Morgan fingerprint density at radius 1 is 1.15 bits per heavy atom. The van der Waals surface area contributed by atoms with Gasteiger partial charge in [-0.3, -0.25) is 4.79 Å². The van der Waals surface area contributed by atoms with Crippen LogP contribution in [-0.4, -0.2) is 11.1 Å². The van der Waals surface area contributed by atoms with Gasteiger partial charge in [-0.05, 0) is 48.6 Å². The summed E-state index contributed by atoms with van der Waals surface area (Å²) in [5, 5.41) is 8.78. The highest BCUT2D eigenvalue weighted by Gasteiger charge is 2.21. The number of benzene rings is 1. The van der Waals surface area contributed by atoms with Crippen LogP contribution in [0.15, 0.2) is 24.3 Å². The molecule has 0 amide bonds. The van der Waals surface area contributed by atoms with Crippen LogP contribution < -0.4 is 0 Å². The lowest BCUT2D eigenvalue weighted by molar-refractivity contribution is -0.136. The second kappa shape index (κ2) is 7.47. The summed E-state index contributed by atoms with van der Waals surface area (Å²) in [5.41, 5.74) is 2.30. The number of hydrogen-bond donors (Lipinski definition) is 1. The summed E-state index contributed by atoms with van der Waals surface area (Å²) in [6, 6.07) is 8.23. The van der Waals surface area contributed by atoms with Crippen LogP contribution in [-0.2, 0) is 11.2 Å². The van der Waals surface area contributed by atoms with Gasteiger partial charge < -0.3 is 5.11 Å². The topological polar surface area (TPSA) is 37.3 Å². The Morgan fingerprint density at radius 2 is 1.80 bits per heavy atom. The normalized spacial score (nSPS) is 22.6. The summed E-state index contributed by atoms with van der Waals surface area (Å²) in [5.74, 6) is 0.874. The Balaban J connectivity index is 1.85. The molecule has 0 heterocycles. The van der Waals surface area contributed by atoms with Crippen molar-refractivity contribution in [3.05, 3.63) is 35.4 Å². The van der Waals surface area contributed by atoms with Crippen molar-refractivity contribution < 1.29 is 9.90 Å². The van der Waals surface area contributed by atoms with E-state index in [1.807, 2.05) is 12.1 Å². The van der Waals surface area contributed by atoms with E-state index in [0.29, 0.717) is 5.92 Å². The highest BCUT2D eigenvalue weighted by molar-refractivity contribution is 5.70. The van der Waals surface area contributed by atoms with Crippen molar-refractivity contribution in [1.82, 2.24) is 0 Å². The molecule has 0 unspecified atom stereocenters. The van der Waals surface area contributed by atoms with Crippen LogP contribution >= 0.6 is 0 Å². The third kappa shape index (κ3) is 4.36. The Hall–Kier alpha value is -1.31. The molecule has 1 N–H and O–H groups in total. The van der Waals surface area contributed by atoms with Crippen molar-refractivity contribution in [2.24, 2.45) is 5.92 Å². The molecule has 0 aliphatic heterocycles. The molecule has 1 aromatic rings. The van der Waals surface area contributed by atoms with Gasteiger partial charge in [0.25, 0.3) is 0 Å². The first kappa shape index (κ1) is 15.1. The fourth-order valence-corrected chi connectivity index (χ4v) is 3.36. The van der Waals surface area contributed by atoms with Crippen LogP contribution in [0.25, 0.3) is 0 Å². The van der Waals surface area contributed by atoms with Crippen LogP contribution in [0.3, 0.4) is 0 Å². The lowest BCUT2D eigenvalue weighted by Crippen LogP contribution is -2.13. The summed E-state index contributed by atoms with van der Waals surface area (Å²) in [4.78, 5) is 10.7. The Bertz CT molecular complexity index is 414. The maximum absolute atomic E-state index is 10.7. The maximum atomic E-state index is 10.7. The Labute approximate surface area is 122 Å². The Morgan fingerprint density at radius 3 is 2.35 bits per heavy atom. The van der Waals surface area contributed by atoms with E-state index < -0.39 is 5.97 Å². The number of unbranched alkanes of at least 4 members (excludes halogenated alkanes) is 1. The molecule has 1 aliphatic carbocycles. The highest BCUT2D eigenvalue weighted by Crippen LogP contribution is 2.37. The number of rotatable bonds is 6. The molecule has 1 fully saturated rings. The SMILES string of the molecule is CCCC[C@H]1CC[C@H](c2ccc(CC(=O)O)cc2)CC1.